The number of halogens is 4. The molecule has 1 aliphatic heterocycles. The van der Waals surface area contributed by atoms with Crippen LogP contribution >= 0.6 is 23.2 Å². The van der Waals surface area contributed by atoms with Gasteiger partial charge in [0.1, 0.15) is 0 Å². The molecule has 0 unspecified atom stereocenters. The van der Waals surface area contributed by atoms with Crippen molar-refractivity contribution >= 4 is 23.2 Å². The molecule has 2 heterocycles. The van der Waals surface area contributed by atoms with Crippen LogP contribution < -0.4 is 5.32 Å². The molecule has 1 aromatic heterocycles. The van der Waals surface area contributed by atoms with E-state index < -0.39 is 12.5 Å². The third-order valence-corrected chi connectivity index (χ3v) is 3.57. The maximum atomic E-state index is 13.3. The molecule has 0 aliphatic carbocycles. The summed E-state index contributed by atoms with van der Waals surface area (Å²) in [6.45, 7) is 2.46. The second kappa shape index (κ2) is 6.10. The molecule has 0 radical (unpaired) electrons. The minimum Gasteiger partial charge on any atom is -0.314 e. The molecule has 1 saturated heterocycles. The molecule has 2 rings (SSSR count). The maximum Gasteiger partial charge on any atom is 0.258 e. The Kier molecular flexibility index (Phi) is 4.72. The number of pyridine rings is 1. The highest BCUT2D eigenvalue weighted by Gasteiger charge is 2.33. The van der Waals surface area contributed by atoms with Gasteiger partial charge in [0.2, 0.25) is 0 Å². The zero-order valence-corrected chi connectivity index (χ0v) is 11.1. The van der Waals surface area contributed by atoms with Gasteiger partial charge >= 0.3 is 0 Å². The molecule has 1 N–H and O–H groups in total. The van der Waals surface area contributed by atoms with Gasteiger partial charge in [0.05, 0.1) is 16.1 Å². The number of nitrogens with zero attached hydrogens (tertiary/aromatic N) is 2. The van der Waals surface area contributed by atoms with E-state index in [1.807, 2.05) is 0 Å². The second-order valence-electron chi connectivity index (χ2n) is 4.08. The Bertz CT molecular complexity index is 391. The molecule has 0 amide bonds. The van der Waals surface area contributed by atoms with Crippen LogP contribution in [0.4, 0.5) is 8.78 Å². The fourth-order valence-electron chi connectivity index (χ4n) is 2.13. The second-order valence-corrected chi connectivity index (χ2v) is 4.90. The molecule has 1 aliphatic rings. The number of rotatable bonds is 3. The highest BCUT2D eigenvalue weighted by molar-refractivity contribution is 6.35. The van der Waals surface area contributed by atoms with Crippen LogP contribution in [0.1, 0.15) is 11.6 Å². The lowest BCUT2D eigenvalue weighted by Gasteiger charge is -2.35. The maximum absolute atomic E-state index is 13.3. The summed E-state index contributed by atoms with van der Waals surface area (Å²) in [6.07, 6.45) is 0.154. The molecule has 1 atom stereocenters. The van der Waals surface area contributed by atoms with E-state index in [2.05, 4.69) is 10.3 Å². The van der Waals surface area contributed by atoms with Gasteiger partial charge < -0.3 is 5.32 Å². The van der Waals surface area contributed by atoms with Crippen LogP contribution in [0.25, 0.3) is 0 Å². The van der Waals surface area contributed by atoms with Crippen molar-refractivity contribution in [2.45, 2.75) is 12.5 Å². The first-order valence-corrected chi connectivity index (χ1v) is 6.38. The predicted molar refractivity (Wildman–Crippen MR) is 67.4 cm³/mol. The largest absolute Gasteiger partial charge is 0.314 e. The lowest BCUT2D eigenvalue weighted by Crippen LogP contribution is -2.47. The van der Waals surface area contributed by atoms with E-state index in [9.17, 15) is 8.78 Å². The summed E-state index contributed by atoms with van der Waals surface area (Å²) in [5, 5.41) is 3.50. The van der Waals surface area contributed by atoms with Crippen LogP contribution in [-0.4, -0.2) is 42.5 Å². The first-order chi connectivity index (χ1) is 8.61. The van der Waals surface area contributed by atoms with Gasteiger partial charge in [-0.05, 0) is 0 Å². The third-order valence-electron chi connectivity index (χ3n) is 2.97. The minimum atomic E-state index is -2.54. The molecule has 0 saturated carbocycles. The van der Waals surface area contributed by atoms with Crippen molar-refractivity contribution < 1.29 is 8.78 Å². The Hall–Kier alpha value is -0.490. The van der Waals surface area contributed by atoms with Gasteiger partial charge in [0.25, 0.3) is 6.43 Å². The third kappa shape index (κ3) is 2.91. The molecule has 1 fully saturated rings. The Morgan fingerprint density at radius 3 is 2.22 bits per heavy atom. The van der Waals surface area contributed by atoms with E-state index in [0.29, 0.717) is 26.2 Å². The lowest BCUT2D eigenvalue weighted by molar-refractivity contribution is 0.0182. The minimum absolute atomic E-state index is 0.186. The first kappa shape index (κ1) is 13.9. The topological polar surface area (TPSA) is 28.2 Å². The van der Waals surface area contributed by atoms with Crippen LogP contribution in [0.3, 0.4) is 0 Å². The summed E-state index contributed by atoms with van der Waals surface area (Å²) in [7, 11) is 0. The Balaban J connectivity index is 2.34. The van der Waals surface area contributed by atoms with Crippen LogP contribution in [0.5, 0.6) is 0 Å². The van der Waals surface area contributed by atoms with E-state index in [1.165, 1.54) is 12.4 Å². The summed E-state index contributed by atoms with van der Waals surface area (Å²) in [5.74, 6) is 0. The van der Waals surface area contributed by atoms with Crippen molar-refractivity contribution in [1.29, 1.82) is 0 Å². The quantitative estimate of drug-likeness (QED) is 0.929. The van der Waals surface area contributed by atoms with Crippen LogP contribution in [0, 0.1) is 0 Å². The van der Waals surface area contributed by atoms with Gasteiger partial charge in [-0.15, -0.1) is 0 Å². The Labute approximate surface area is 114 Å². The average molecular weight is 296 g/mol. The van der Waals surface area contributed by atoms with Crippen LogP contribution in [0.2, 0.25) is 10.0 Å². The molecular formula is C11H13Cl2F2N3. The molecule has 0 spiro atoms. The standard InChI is InChI=1S/C11H13Cl2F2N3/c12-7-5-17-6-8(13)9(7)10(11(14)15)18-3-1-16-2-4-18/h5-6,10-11,16H,1-4H2/t10-/m0/s1. The summed E-state index contributed by atoms with van der Waals surface area (Å²) in [5.41, 5.74) is 0.269. The Morgan fingerprint density at radius 2 is 1.72 bits per heavy atom. The average Bonchev–Trinajstić information content (AvgIpc) is 2.34. The fourth-order valence-corrected chi connectivity index (χ4v) is 2.72. The first-order valence-electron chi connectivity index (χ1n) is 5.63. The normalized spacial score (nSPS) is 19.2. The summed E-state index contributed by atoms with van der Waals surface area (Å²) >= 11 is 11.9. The number of hydrogen-bond donors (Lipinski definition) is 1. The van der Waals surface area contributed by atoms with Gasteiger partial charge in [0.15, 0.2) is 0 Å². The fraction of sp³-hybridized carbons (Fsp3) is 0.545. The van der Waals surface area contributed by atoms with E-state index in [4.69, 9.17) is 23.2 Å². The molecule has 100 valence electrons. The molecule has 1 aromatic rings. The zero-order valence-electron chi connectivity index (χ0n) is 9.54. The van der Waals surface area contributed by atoms with Crippen LogP contribution in [-0.2, 0) is 0 Å². The number of nitrogens with one attached hydrogen (secondary N) is 1. The van der Waals surface area contributed by atoms with Gasteiger partial charge in [-0.2, -0.15) is 0 Å². The van der Waals surface area contributed by atoms with Crippen molar-refractivity contribution in [3.05, 3.63) is 28.0 Å². The number of alkyl halides is 2. The van der Waals surface area contributed by atoms with Gasteiger partial charge in [-0.3, -0.25) is 9.88 Å². The monoisotopic (exact) mass is 295 g/mol. The highest BCUT2D eigenvalue weighted by atomic mass is 35.5. The van der Waals surface area contributed by atoms with E-state index >= 15 is 0 Å². The van der Waals surface area contributed by atoms with Gasteiger partial charge in [-0.1, -0.05) is 23.2 Å². The molecule has 7 heteroatoms. The molecule has 3 nitrogen and oxygen atoms in total. The van der Waals surface area contributed by atoms with Crippen LogP contribution in [0.15, 0.2) is 12.4 Å². The van der Waals surface area contributed by atoms with Gasteiger partial charge in [0, 0.05) is 44.1 Å². The highest BCUT2D eigenvalue weighted by Crippen LogP contribution is 2.36. The SMILES string of the molecule is FC(F)[C@H](c1c(Cl)cncc1Cl)N1CCNCC1. The summed E-state index contributed by atoms with van der Waals surface area (Å²) in [4.78, 5) is 5.49. The number of hydrogen-bond acceptors (Lipinski definition) is 3. The summed E-state index contributed by atoms with van der Waals surface area (Å²) in [6, 6.07) is -1.07. The van der Waals surface area contributed by atoms with Crippen molar-refractivity contribution in [3.63, 3.8) is 0 Å². The molecule has 0 aromatic carbocycles. The van der Waals surface area contributed by atoms with Crippen molar-refractivity contribution in [1.82, 2.24) is 15.2 Å². The molecule has 18 heavy (non-hydrogen) atoms. The van der Waals surface area contributed by atoms with Crippen molar-refractivity contribution in [3.8, 4) is 0 Å². The van der Waals surface area contributed by atoms with E-state index in [0.717, 1.165) is 0 Å². The number of aromatic nitrogens is 1. The molecule has 0 bridgehead atoms. The summed E-state index contributed by atoms with van der Waals surface area (Å²) < 4.78 is 26.7. The predicted octanol–water partition coefficient (Wildman–Crippen LogP) is 2.60. The smallest absolute Gasteiger partial charge is 0.258 e. The lowest BCUT2D eigenvalue weighted by atomic mass is 10.1. The Morgan fingerprint density at radius 1 is 1.17 bits per heavy atom. The van der Waals surface area contributed by atoms with Gasteiger partial charge in [-0.25, -0.2) is 8.78 Å². The van der Waals surface area contributed by atoms with Crippen molar-refractivity contribution in [2.75, 3.05) is 26.2 Å². The van der Waals surface area contributed by atoms with E-state index in [-0.39, 0.29) is 15.6 Å². The number of piperazine rings is 1. The zero-order chi connectivity index (χ0) is 13.1. The molecular weight excluding hydrogens is 283 g/mol. The van der Waals surface area contributed by atoms with Crippen molar-refractivity contribution in [2.24, 2.45) is 0 Å². The van der Waals surface area contributed by atoms with E-state index in [1.54, 1.807) is 4.90 Å².